The Morgan fingerprint density at radius 2 is 1.90 bits per heavy atom. The zero-order chi connectivity index (χ0) is 7.82. The highest BCUT2D eigenvalue weighted by molar-refractivity contribution is 5.03. The van der Waals surface area contributed by atoms with Crippen LogP contribution in [0, 0.1) is 5.92 Å². The van der Waals surface area contributed by atoms with Gasteiger partial charge in [0, 0.05) is 0 Å². The van der Waals surface area contributed by atoms with Gasteiger partial charge in [0.15, 0.2) is 0 Å². The van der Waals surface area contributed by atoms with E-state index in [9.17, 15) is 0 Å². The zero-order valence-electron chi connectivity index (χ0n) is 7.30. The molecule has 10 heavy (non-hydrogen) atoms. The first-order chi connectivity index (χ1) is 4.77. The van der Waals surface area contributed by atoms with Crippen LogP contribution in [0.3, 0.4) is 0 Å². The lowest BCUT2D eigenvalue weighted by atomic mass is 10.2. The van der Waals surface area contributed by atoms with Gasteiger partial charge in [-0.3, -0.25) is 0 Å². The number of hydrogen-bond acceptors (Lipinski definition) is 0. The molecule has 0 aliphatic carbocycles. The number of rotatable bonds is 4. The van der Waals surface area contributed by atoms with Crippen LogP contribution in [0.1, 0.15) is 33.6 Å². The SMILES string of the molecule is CCCC=CC=CC(C)C. The highest BCUT2D eigenvalue weighted by atomic mass is 13.8. The number of hydrogen-bond donors (Lipinski definition) is 0. The summed E-state index contributed by atoms with van der Waals surface area (Å²) in [6.07, 6.45) is 11.1. The maximum atomic E-state index is 2.21. The summed E-state index contributed by atoms with van der Waals surface area (Å²) in [6.45, 7) is 6.56. The van der Waals surface area contributed by atoms with Crippen molar-refractivity contribution in [2.24, 2.45) is 5.92 Å². The molecule has 0 atom stereocenters. The summed E-state index contributed by atoms with van der Waals surface area (Å²) in [5.41, 5.74) is 0. The largest absolute Gasteiger partial charge is 0.0846 e. The highest BCUT2D eigenvalue weighted by Gasteiger charge is 1.78. The third kappa shape index (κ3) is 7.48. The van der Waals surface area contributed by atoms with Crippen LogP contribution in [0.4, 0.5) is 0 Å². The Hall–Kier alpha value is -0.520. The Morgan fingerprint density at radius 3 is 2.40 bits per heavy atom. The molecule has 0 aromatic carbocycles. The van der Waals surface area contributed by atoms with Crippen molar-refractivity contribution in [2.75, 3.05) is 0 Å². The van der Waals surface area contributed by atoms with E-state index in [1.54, 1.807) is 0 Å². The van der Waals surface area contributed by atoms with Gasteiger partial charge in [0.25, 0.3) is 0 Å². The van der Waals surface area contributed by atoms with Crippen molar-refractivity contribution in [1.29, 1.82) is 0 Å². The molecule has 0 heterocycles. The van der Waals surface area contributed by atoms with Crippen molar-refractivity contribution in [3.63, 3.8) is 0 Å². The predicted octanol–water partition coefficient (Wildman–Crippen LogP) is 3.55. The van der Waals surface area contributed by atoms with Gasteiger partial charge in [-0.05, 0) is 12.3 Å². The molecule has 0 amide bonds. The van der Waals surface area contributed by atoms with Crippen molar-refractivity contribution < 1.29 is 0 Å². The molecular formula is C10H18. The Morgan fingerprint density at radius 1 is 1.20 bits per heavy atom. The summed E-state index contributed by atoms with van der Waals surface area (Å²) in [6, 6.07) is 0. The average Bonchev–Trinajstić information content (AvgIpc) is 1.87. The fourth-order valence-electron chi connectivity index (χ4n) is 0.628. The van der Waals surface area contributed by atoms with Gasteiger partial charge >= 0.3 is 0 Å². The molecule has 0 rings (SSSR count). The van der Waals surface area contributed by atoms with E-state index in [0.717, 1.165) is 0 Å². The topological polar surface area (TPSA) is 0 Å². The molecule has 0 N–H and O–H groups in total. The molecule has 0 aromatic rings. The smallest absolute Gasteiger partial charge is 0.0287 e. The Labute approximate surface area is 64.6 Å². The van der Waals surface area contributed by atoms with Crippen molar-refractivity contribution in [2.45, 2.75) is 33.6 Å². The van der Waals surface area contributed by atoms with Crippen LogP contribution in [0.2, 0.25) is 0 Å². The minimum Gasteiger partial charge on any atom is -0.0846 e. The van der Waals surface area contributed by atoms with E-state index >= 15 is 0 Å². The van der Waals surface area contributed by atoms with Gasteiger partial charge in [-0.1, -0.05) is 51.5 Å². The Balaban J connectivity index is 3.32. The summed E-state index contributed by atoms with van der Waals surface area (Å²) in [5.74, 6) is 0.672. The predicted molar refractivity (Wildman–Crippen MR) is 48.0 cm³/mol. The maximum absolute atomic E-state index is 2.21. The fraction of sp³-hybridized carbons (Fsp3) is 0.600. The van der Waals surface area contributed by atoms with Crippen LogP contribution < -0.4 is 0 Å². The van der Waals surface area contributed by atoms with Gasteiger partial charge in [-0.15, -0.1) is 0 Å². The van der Waals surface area contributed by atoms with Gasteiger partial charge in [0.05, 0.1) is 0 Å². The molecule has 0 radical (unpaired) electrons. The first-order valence-corrected chi connectivity index (χ1v) is 4.10. The standard InChI is InChI=1S/C10H18/c1-4-5-6-7-8-9-10(2)3/h6-10H,4-5H2,1-3H3. The molecule has 0 saturated carbocycles. The lowest BCUT2D eigenvalue weighted by molar-refractivity contribution is 0.832. The Kier molecular flexibility index (Phi) is 6.25. The highest BCUT2D eigenvalue weighted by Crippen LogP contribution is 1.94. The van der Waals surface area contributed by atoms with Gasteiger partial charge in [-0.2, -0.15) is 0 Å². The first-order valence-electron chi connectivity index (χ1n) is 4.10. The van der Waals surface area contributed by atoms with E-state index in [1.165, 1.54) is 12.8 Å². The van der Waals surface area contributed by atoms with E-state index in [0.29, 0.717) is 5.92 Å². The molecule has 0 nitrogen and oxygen atoms in total. The van der Waals surface area contributed by atoms with Gasteiger partial charge < -0.3 is 0 Å². The first kappa shape index (κ1) is 9.48. The third-order valence-corrected chi connectivity index (χ3v) is 1.20. The van der Waals surface area contributed by atoms with Gasteiger partial charge in [-0.25, -0.2) is 0 Å². The summed E-state index contributed by atoms with van der Waals surface area (Å²) in [4.78, 5) is 0. The molecule has 0 heteroatoms. The van der Waals surface area contributed by atoms with Crippen LogP contribution in [0.15, 0.2) is 24.3 Å². The lowest BCUT2D eigenvalue weighted by Gasteiger charge is -1.88. The molecule has 0 saturated heterocycles. The molecule has 0 aliphatic heterocycles. The van der Waals surface area contributed by atoms with Crippen LogP contribution in [0.5, 0.6) is 0 Å². The number of unbranched alkanes of at least 4 members (excludes halogenated alkanes) is 1. The van der Waals surface area contributed by atoms with Crippen LogP contribution >= 0.6 is 0 Å². The molecular weight excluding hydrogens is 120 g/mol. The maximum Gasteiger partial charge on any atom is -0.0287 e. The van der Waals surface area contributed by atoms with E-state index < -0.39 is 0 Å². The summed E-state index contributed by atoms with van der Waals surface area (Å²) in [7, 11) is 0. The third-order valence-electron chi connectivity index (χ3n) is 1.20. The minimum atomic E-state index is 0.672. The fourth-order valence-corrected chi connectivity index (χ4v) is 0.628. The van der Waals surface area contributed by atoms with E-state index in [-0.39, 0.29) is 0 Å². The minimum absolute atomic E-state index is 0.672. The second-order valence-corrected chi connectivity index (χ2v) is 2.85. The van der Waals surface area contributed by atoms with Crippen LogP contribution in [-0.4, -0.2) is 0 Å². The summed E-state index contributed by atoms with van der Waals surface area (Å²) < 4.78 is 0. The van der Waals surface area contributed by atoms with E-state index in [2.05, 4.69) is 45.1 Å². The van der Waals surface area contributed by atoms with Crippen molar-refractivity contribution in [3.8, 4) is 0 Å². The molecule has 0 unspecified atom stereocenters. The number of allylic oxidation sites excluding steroid dienone is 4. The van der Waals surface area contributed by atoms with Gasteiger partial charge in [0.2, 0.25) is 0 Å². The quantitative estimate of drug-likeness (QED) is 0.521. The lowest BCUT2D eigenvalue weighted by Crippen LogP contribution is -1.74. The Bertz CT molecular complexity index is 107. The van der Waals surface area contributed by atoms with Gasteiger partial charge in [0.1, 0.15) is 0 Å². The zero-order valence-corrected chi connectivity index (χ0v) is 7.30. The normalized spacial score (nSPS) is 12.4. The second-order valence-electron chi connectivity index (χ2n) is 2.85. The summed E-state index contributed by atoms with van der Waals surface area (Å²) >= 11 is 0. The monoisotopic (exact) mass is 138 g/mol. The molecule has 0 fully saturated rings. The van der Waals surface area contributed by atoms with Crippen molar-refractivity contribution in [3.05, 3.63) is 24.3 Å². The van der Waals surface area contributed by atoms with Crippen molar-refractivity contribution in [1.82, 2.24) is 0 Å². The summed E-state index contributed by atoms with van der Waals surface area (Å²) in [5, 5.41) is 0. The molecule has 0 aliphatic rings. The molecule has 58 valence electrons. The molecule has 0 spiro atoms. The average molecular weight is 138 g/mol. The van der Waals surface area contributed by atoms with Crippen molar-refractivity contribution >= 4 is 0 Å². The van der Waals surface area contributed by atoms with E-state index in [4.69, 9.17) is 0 Å². The van der Waals surface area contributed by atoms with Crippen LogP contribution in [-0.2, 0) is 0 Å². The second kappa shape index (κ2) is 6.60. The van der Waals surface area contributed by atoms with E-state index in [1.807, 2.05) is 0 Å². The molecule has 0 bridgehead atoms. The van der Waals surface area contributed by atoms with Crippen LogP contribution in [0.25, 0.3) is 0 Å². The molecule has 0 aromatic heterocycles.